The summed E-state index contributed by atoms with van der Waals surface area (Å²) in [5.74, 6) is -2.37. The minimum atomic E-state index is -0.617. The summed E-state index contributed by atoms with van der Waals surface area (Å²) in [6, 6.07) is 0. The second kappa shape index (κ2) is 21.8. The van der Waals surface area contributed by atoms with Crippen LogP contribution in [0.4, 0.5) is 0 Å². The molecule has 0 amide bonds. The topological polar surface area (TPSA) is 160 Å². The molecular formula is C22H36N2O9. The summed E-state index contributed by atoms with van der Waals surface area (Å²) in [4.78, 5) is 54.2. The van der Waals surface area contributed by atoms with Crippen molar-refractivity contribution >= 4 is 29.7 Å². The molecule has 0 aromatic carbocycles. The van der Waals surface area contributed by atoms with E-state index in [1.807, 2.05) is 0 Å². The Hall–Kier alpha value is -3.47. The molecule has 0 atom stereocenters. The van der Waals surface area contributed by atoms with Gasteiger partial charge in [-0.15, -0.1) is 0 Å². The zero-order chi connectivity index (χ0) is 26.4. The normalized spacial score (nSPS) is 9.48. The molecule has 0 rings (SSSR count). The predicted octanol–water partition coefficient (Wildman–Crippen LogP) is 0.975. The molecule has 0 radical (unpaired) electrons. The number of carbonyl (C=O) groups is 5. The van der Waals surface area contributed by atoms with Crippen molar-refractivity contribution in [2.45, 2.75) is 34.1 Å². The van der Waals surface area contributed by atoms with Crippen molar-refractivity contribution in [2.24, 2.45) is 5.73 Å². The third kappa shape index (κ3) is 24.7. The van der Waals surface area contributed by atoms with Gasteiger partial charge < -0.3 is 30.0 Å². The molecule has 0 aromatic heterocycles. The number of hydrogen-bond donors (Lipinski definition) is 2. The standard InChI is InChI=1S/C11H17NO4.C10H14O5.CH5N/c1-8(2)11(14)16-6-5-15-10(13)7-9(3)12-4;1-7(2)10(13)15-5-4-14-9(12)6-8(3)11;1-2/h7,12H,1,5-6H2,2-4H3;1,4-6H2,2-3H3;2H2,1H3/b9-7-;;. The van der Waals surface area contributed by atoms with E-state index in [0.717, 1.165) is 0 Å². The Bertz CT molecular complexity index is 713. The number of carbonyl (C=O) groups excluding carboxylic acids is 5. The van der Waals surface area contributed by atoms with E-state index in [0.29, 0.717) is 11.3 Å². The molecule has 0 heterocycles. The van der Waals surface area contributed by atoms with E-state index in [1.54, 1.807) is 20.9 Å². The van der Waals surface area contributed by atoms with Gasteiger partial charge in [0.15, 0.2) is 0 Å². The molecule has 0 saturated carbocycles. The van der Waals surface area contributed by atoms with Crippen molar-refractivity contribution in [2.75, 3.05) is 40.5 Å². The first-order valence-electron chi connectivity index (χ1n) is 9.81. The summed E-state index contributed by atoms with van der Waals surface area (Å²) in [7, 11) is 3.20. The number of allylic oxidation sites excluding steroid dienone is 1. The first kappa shape index (κ1) is 34.2. The van der Waals surface area contributed by atoms with Gasteiger partial charge in [-0.25, -0.2) is 14.4 Å². The maximum absolute atomic E-state index is 11.1. The fourth-order valence-electron chi connectivity index (χ4n) is 1.36. The zero-order valence-electron chi connectivity index (χ0n) is 20.3. The predicted molar refractivity (Wildman–Crippen MR) is 122 cm³/mol. The van der Waals surface area contributed by atoms with E-state index in [9.17, 15) is 24.0 Å². The molecule has 0 saturated heterocycles. The molecule has 0 aliphatic rings. The molecule has 0 unspecified atom stereocenters. The molecule has 33 heavy (non-hydrogen) atoms. The third-order valence-electron chi connectivity index (χ3n) is 2.96. The molecule has 3 N–H and O–H groups in total. The third-order valence-corrected chi connectivity index (χ3v) is 2.96. The number of Topliss-reactive ketones (excluding diaryl/α,β-unsaturated/α-hetero) is 1. The highest BCUT2D eigenvalue weighted by Crippen LogP contribution is 1.94. The molecule has 0 bridgehead atoms. The fourth-order valence-corrected chi connectivity index (χ4v) is 1.36. The van der Waals surface area contributed by atoms with Gasteiger partial charge in [-0.1, -0.05) is 13.2 Å². The van der Waals surface area contributed by atoms with Crippen LogP contribution in [0.1, 0.15) is 34.1 Å². The Kier molecular flexibility index (Phi) is 22.5. The van der Waals surface area contributed by atoms with E-state index < -0.39 is 23.9 Å². The molecule has 0 aliphatic carbocycles. The lowest BCUT2D eigenvalue weighted by Gasteiger charge is -2.05. The molecular weight excluding hydrogens is 436 g/mol. The smallest absolute Gasteiger partial charge is 0.333 e. The SMILES string of the molecule is C=C(C)C(=O)OCCOC(=O)/C=C(/C)NC.C=C(C)C(=O)OCCOC(=O)CC(C)=O.CN. The van der Waals surface area contributed by atoms with Gasteiger partial charge in [0.05, 0.1) is 0 Å². The van der Waals surface area contributed by atoms with Crippen LogP contribution >= 0.6 is 0 Å². The lowest BCUT2D eigenvalue weighted by atomic mass is 10.3. The maximum atomic E-state index is 11.1. The van der Waals surface area contributed by atoms with E-state index in [1.165, 1.54) is 27.0 Å². The lowest BCUT2D eigenvalue weighted by Crippen LogP contribution is -2.15. The Morgan fingerprint density at radius 3 is 1.52 bits per heavy atom. The second-order valence-corrected chi connectivity index (χ2v) is 6.18. The van der Waals surface area contributed by atoms with Crippen molar-refractivity contribution in [3.8, 4) is 0 Å². The number of nitrogens with one attached hydrogen (secondary N) is 1. The summed E-state index contributed by atoms with van der Waals surface area (Å²) in [6.07, 6.45) is 1.06. The van der Waals surface area contributed by atoms with E-state index in [-0.39, 0.29) is 44.2 Å². The van der Waals surface area contributed by atoms with Crippen molar-refractivity contribution in [1.29, 1.82) is 0 Å². The number of rotatable bonds is 12. The molecule has 0 aliphatic heterocycles. The number of nitrogens with two attached hydrogens (primary N) is 1. The van der Waals surface area contributed by atoms with Crippen LogP contribution in [0.5, 0.6) is 0 Å². The monoisotopic (exact) mass is 472 g/mol. The number of hydrogen-bond acceptors (Lipinski definition) is 11. The minimum absolute atomic E-state index is 0.0316. The fraction of sp³-hybridized carbons (Fsp3) is 0.500. The van der Waals surface area contributed by atoms with Crippen LogP contribution in [0.2, 0.25) is 0 Å². The van der Waals surface area contributed by atoms with Gasteiger partial charge in [0.2, 0.25) is 0 Å². The quantitative estimate of drug-likeness (QED) is 0.137. The van der Waals surface area contributed by atoms with Crippen molar-refractivity contribution < 1.29 is 42.9 Å². The Balaban J connectivity index is -0.000000508. The highest BCUT2D eigenvalue weighted by atomic mass is 16.6. The van der Waals surface area contributed by atoms with Crippen molar-refractivity contribution in [1.82, 2.24) is 5.32 Å². The van der Waals surface area contributed by atoms with Crippen LogP contribution in [-0.2, 0) is 42.9 Å². The number of ether oxygens (including phenoxy) is 4. The largest absolute Gasteiger partial charge is 0.462 e. The van der Waals surface area contributed by atoms with Crippen molar-refractivity contribution in [3.05, 3.63) is 36.1 Å². The summed E-state index contributed by atoms with van der Waals surface area (Å²) < 4.78 is 18.8. The summed E-state index contributed by atoms with van der Waals surface area (Å²) in [5, 5.41) is 2.78. The lowest BCUT2D eigenvalue weighted by molar-refractivity contribution is -0.151. The maximum Gasteiger partial charge on any atom is 0.333 e. The first-order chi connectivity index (χ1) is 15.4. The van der Waals surface area contributed by atoms with Crippen LogP contribution < -0.4 is 11.1 Å². The Morgan fingerprint density at radius 2 is 1.15 bits per heavy atom. The second-order valence-electron chi connectivity index (χ2n) is 6.18. The van der Waals surface area contributed by atoms with Gasteiger partial charge in [0.25, 0.3) is 0 Å². The van der Waals surface area contributed by atoms with Crippen molar-refractivity contribution in [3.63, 3.8) is 0 Å². The summed E-state index contributed by atoms with van der Waals surface area (Å²) in [6.45, 7) is 12.9. The summed E-state index contributed by atoms with van der Waals surface area (Å²) in [5.41, 5.74) is 5.80. The molecule has 0 spiro atoms. The van der Waals surface area contributed by atoms with Crippen LogP contribution in [-0.4, -0.2) is 70.2 Å². The van der Waals surface area contributed by atoms with Gasteiger partial charge in [-0.3, -0.25) is 9.59 Å². The van der Waals surface area contributed by atoms with Crippen LogP contribution in [0.25, 0.3) is 0 Å². The Labute approximate surface area is 194 Å². The van der Waals surface area contributed by atoms with Gasteiger partial charge in [0.1, 0.15) is 38.6 Å². The molecule has 11 nitrogen and oxygen atoms in total. The number of esters is 4. The van der Waals surface area contributed by atoms with Gasteiger partial charge in [-0.2, -0.15) is 0 Å². The average molecular weight is 473 g/mol. The number of ketones is 1. The highest BCUT2D eigenvalue weighted by Gasteiger charge is 2.07. The van der Waals surface area contributed by atoms with E-state index >= 15 is 0 Å². The van der Waals surface area contributed by atoms with Crippen LogP contribution in [0.15, 0.2) is 36.1 Å². The van der Waals surface area contributed by atoms with Gasteiger partial charge in [-0.05, 0) is 34.7 Å². The van der Waals surface area contributed by atoms with Crippen LogP contribution in [0.3, 0.4) is 0 Å². The molecule has 0 fully saturated rings. The van der Waals surface area contributed by atoms with E-state index in [4.69, 9.17) is 9.47 Å². The van der Waals surface area contributed by atoms with E-state index in [2.05, 4.69) is 33.7 Å². The van der Waals surface area contributed by atoms with Gasteiger partial charge >= 0.3 is 23.9 Å². The minimum Gasteiger partial charge on any atom is -0.462 e. The Morgan fingerprint density at radius 1 is 0.758 bits per heavy atom. The molecule has 11 heteroatoms. The van der Waals surface area contributed by atoms with Crippen LogP contribution in [0, 0.1) is 0 Å². The summed E-state index contributed by atoms with van der Waals surface area (Å²) >= 11 is 0. The van der Waals surface area contributed by atoms with Gasteiger partial charge in [0, 0.05) is 30.0 Å². The average Bonchev–Trinajstić information content (AvgIpc) is 2.74. The first-order valence-corrected chi connectivity index (χ1v) is 9.81. The molecule has 0 aromatic rings. The highest BCUT2D eigenvalue weighted by molar-refractivity contribution is 5.94. The molecule has 188 valence electrons. The zero-order valence-corrected chi connectivity index (χ0v) is 20.3.